The summed E-state index contributed by atoms with van der Waals surface area (Å²) < 4.78 is 35.2. The van der Waals surface area contributed by atoms with Crippen LogP contribution in [0, 0.1) is 20.2 Å². The second-order valence-electron chi connectivity index (χ2n) is 19.9. The summed E-state index contributed by atoms with van der Waals surface area (Å²) in [5, 5.41) is 43.2. The fraction of sp³-hybridized carbons (Fsp3) is 0.384. The number of esters is 5. The minimum atomic E-state index is -3.22. The first-order valence-electron chi connectivity index (χ1n) is 28.4. The fourth-order valence-electron chi connectivity index (χ4n) is 8.40. The zero-order chi connectivity index (χ0) is 77.2. The number of para-hydroxylation sites is 4. The Morgan fingerprint density at radius 2 is 0.856 bits per heavy atom. The Balaban J connectivity index is -0.000000101. The summed E-state index contributed by atoms with van der Waals surface area (Å²) in [7, 11) is 8.50. The zero-order valence-corrected chi connectivity index (χ0v) is 63.4. The van der Waals surface area contributed by atoms with Crippen molar-refractivity contribution in [3.63, 3.8) is 0 Å². The van der Waals surface area contributed by atoms with Crippen LogP contribution >= 0.6 is 85.5 Å². The molecule has 632 valence electrons. The molecule has 38 heteroatoms. The monoisotopic (exact) mass is 1800 g/mol. The predicted octanol–water partition coefficient (Wildman–Crippen LogP) is 18.9. The number of nitrogens with one attached hydrogen (secondary N) is 1. The van der Waals surface area contributed by atoms with Crippen LogP contribution in [0.1, 0.15) is 195 Å². The molecule has 7 aromatic rings. The topological polar surface area (TPSA) is 484 Å². The number of nitrogens with two attached hydrogens (primary N) is 4. The number of aliphatic hydroxyl groups excluding tert-OH is 2. The third-order valence-corrected chi connectivity index (χ3v) is 12.7. The molecule has 0 aliphatic carbocycles. The van der Waals surface area contributed by atoms with E-state index in [2.05, 4.69) is 94.7 Å². The maximum Gasteiger partial charge on any atom is 0.340 e. The quantitative estimate of drug-likeness (QED) is 0.00921. The Morgan fingerprint density at radius 1 is 0.532 bits per heavy atom. The minimum Gasteiger partial charge on any atom is -0.478 e. The number of carbonyl (C=O) groups is 8. The Labute approximate surface area is 693 Å². The number of fused-ring (bicyclic) bond motifs is 3. The number of nitrogen functional groups attached to an aromatic ring is 4. The van der Waals surface area contributed by atoms with Gasteiger partial charge in [-0.1, -0.05) is 147 Å². The van der Waals surface area contributed by atoms with Crippen molar-refractivity contribution >= 4 is 190 Å². The van der Waals surface area contributed by atoms with Crippen molar-refractivity contribution in [3.05, 3.63) is 179 Å². The van der Waals surface area contributed by atoms with Crippen LogP contribution in [0.5, 0.6) is 0 Å². The van der Waals surface area contributed by atoms with Gasteiger partial charge in [0.25, 0.3) is 11.4 Å². The molecular formula is C73H117Cl5IN10O21P. The molecule has 1 aromatic heterocycles. The van der Waals surface area contributed by atoms with Gasteiger partial charge in [0.2, 0.25) is 17.1 Å². The molecule has 0 saturated carbocycles. The van der Waals surface area contributed by atoms with E-state index in [1.807, 2.05) is 44.4 Å². The molecule has 6 aromatic carbocycles. The maximum absolute atomic E-state index is 11.9. The molecular weight excluding hydrogens is 1690 g/mol. The van der Waals surface area contributed by atoms with Crippen molar-refractivity contribution in [1.29, 1.82) is 0 Å². The van der Waals surface area contributed by atoms with Gasteiger partial charge in [0.05, 0.1) is 109 Å². The summed E-state index contributed by atoms with van der Waals surface area (Å²) >= 11 is 22.3. The number of methoxy groups -OCH3 is 5. The van der Waals surface area contributed by atoms with E-state index in [1.165, 1.54) is 65.9 Å². The van der Waals surface area contributed by atoms with Crippen LogP contribution < -0.4 is 33.2 Å². The van der Waals surface area contributed by atoms with Gasteiger partial charge >= 0.3 is 41.0 Å². The molecule has 12 N–H and O–H groups in total. The molecule has 0 bridgehead atoms. The largest absolute Gasteiger partial charge is 0.478 e. The van der Waals surface area contributed by atoms with Crippen molar-refractivity contribution in [2.75, 3.05) is 82.9 Å². The number of carbonyl (C=O) groups excluding carboxylic acids is 7. The van der Waals surface area contributed by atoms with E-state index in [0.717, 1.165) is 46.5 Å². The number of nitrogens with zero attached hydrogens (tertiary/aromatic N) is 5. The first-order valence-corrected chi connectivity index (χ1v) is 34.5. The SMILES string of the molecule is C.C.C.C.C.C.C.C.C.C.CC(C)I.CO.CO.COC(=O)c1cccc(N)c1N.COC(=O)c1cccc([N+](=O)[O-])c1N.COC(=O)c1cccc2c1CC(=O)N2.COC(=O)c1cccc2c1CC(=O)N2C(C)C.COC(=O)c1cccc2c1nc(Cl)n2C(C)C.Cl.Nc1c(C(=O)O)cccc1[N+](=O)[O-].O=P(Cl)(Cl)Cl. The number of carboxylic acids is 1. The Kier molecular flexibility index (Phi) is 73.4. The average Bonchev–Trinajstić information content (AvgIpc) is 1.64. The van der Waals surface area contributed by atoms with Crippen LogP contribution in [0.3, 0.4) is 0 Å². The number of anilines is 6. The van der Waals surface area contributed by atoms with Gasteiger partial charge in [-0.15, -0.1) is 12.4 Å². The molecule has 3 heterocycles. The number of ether oxygens (including phenoxy) is 5. The van der Waals surface area contributed by atoms with Crippen LogP contribution in [0.2, 0.25) is 5.28 Å². The van der Waals surface area contributed by atoms with E-state index < -0.39 is 44.9 Å². The molecule has 0 spiro atoms. The highest BCUT2D eigenvalue weighted by molar-refractivity contribution is 14.1. The number of halogens is 6. The number of hydrogen-bond donors (Lipinski definition) is 8. The third kappa shape index (κ3) is 40.1. The number of aromatic nitrogens is 2. The Morgan fingerprint density at radius 3 is 1.24 bits per heavy atom. The lowest BCUT2D eigenvalue weighted by molar-refractivity contribution is -0.384. The lowest BCUT2D eigenvalue weighted by atomic mass is 10.1. The number of aliphatic hydroxyl groups is 2. The molecule has 0 atom stereocenters. The van der Waals surface area contributed by atoms with Crippen molar-refractivity contribution < 1.29 is 91.8 Å². The van der Waals surface area contributed by atoms with E-state index in [1.54, 1.807) is 65.6 Å². The lowest BCUT2D eigenvalue weighted by Gasteiger charge is -2.21. The molecule has 0 unspecified atom stereocenters. The van der Waals surface area contributed by atoms with E-state index in [4.69, 9.17) is 59.3 Å². The molecule has 0 radical (unpaired) electrons. The number of aromatic carboxylic acids is 1. The fourth-order valence-corrected chi connectivity index (χ4v) is 8.77. The van der Waals surface area contributed by atoms with Gasteiger partial charge in [-0.2, -0.15) is 0 Å². The van der Waals surface area contributed by atoms with Gasteiger partial charge in [0, 0.05) is 53.7 Å². The maximum atomic E-state index is 11.9. The minimum absolute atomic E-state index is 0. The number of nitro groups is 2. The number of imidazole rings is 1. The zero-order valence-electron chi connectivity index (χ0n) is 56.5. The van der Waals surface area contributed by atoms with E-state index >= 15 is 0 Å². The average molecular weight is 1810 g/mol. The van der Waals surface area contributed by atoms with Gasteiger partial charge in [0.15, 0.2) is 0 Å². The van der Waals surface area contributed by atoms with Crippen molar-refractivity contribution in [3.8, 4) is 0 Å². The standard InChI is InChI=1S/C13H15NO3.C12H13ClN2O2.C10H9NO3.C8H8N2O4.C8H10N2O2.C7H6N2O4.C3H7I.2CH4O.10CH4.Cl3OP.ClH/c1-8(2)14-11-6-4-5-9(13(16)17-3)10(11)7-12(14)15;1-7(2)15-9-6-4-5-8(11(16)17-3)10(9)14-12(15)13;1-14-10(13)6-3-2-4-8-7(6)5-9(12)11-8;1-14-8(11)5-3-2-4-6(7(5)9)10(12)13;1-12-8(11)5-3-2-4-6(9)7(5)10;8-6-4(7(10)11)2-1-3-5(6)9(12)13;1-3(2)4;2*1-2;;;;;;;;;;;1-5(2,3)4;/h4-6,8H,7H2,1-3H3;4-7H,1-3H3;2-4H,5H2,1H3,(H,11,12);2-4H,9H2,1H3;2-4H,9-10H2,1H3;1-3H,8H2,(H,10,11);3H,1-2H3;2*2H,1H3;10*1H4;;1H. The highest BCUT2D eigenvalue weighted by Gasteiger charge is 2.33. The summed E-state index contributed by atoms with van der Waals surface area (Å²) in [6, 6.07) is 28.6. The van der Waals surface area contributed by atoms with Crippen LogP contribution in [-0.4, -0.2) is 142 Å². The molecule has 111 heavy (non-hydrogen) atoms. The number of nitro benzene ring substituents is 2. The number of rotatable bonds is 10. The van der Waals surface area contributed by atoms with Crippen LogP contribution in [0.4, 0.5) is 45.5 Å². The molecule has 0 saturated heterocycles. The highest BCUT2D eigenvalue weighted by Crippen LogP contribution is 2.61. The van der Waals surface area contributed by atoms with E-state index in [-0.39, 0.29) is 169 Å². The normalized spacial score (nSPS) is 9.85. The van der Waals surface area contributed by atoms with Gasteiger partial charge in [-0.05, 0) is 145 Å². The second-order valence-corrected chi connectivity index (χ2v) is 29.4. The highest BCUT2D eigenvalue weighted by atomic mass is 127. The summed E-state index contributed by atoms with van der Waals surface area (Å²) in [5.74, 6) is -3.69. The second kappa shape index (κ2) is 63.5. The first-order chi connectivity index (χ1) is 46.8. The molecule has 9 rings (SSSR count). The van der Waals surface area contributed by atoms with Crippen molar-refractivity contribution in [1.82, 2.24) is 9.55 Å². The lowest BCUT2D eigenvalue weighted by Crippen LogP contribution is -2.33. The molecule has 2 amide bonds. The van der Waals surface area contributed by atoms with Crippen LogP contribution in [0.15, 0.2) is 109 Å². The number of benzene rings is 6. The van der Waals surface area contributed by atoms with Crippen molar-refractivity contribution in [2.45, 2.75) is 145 Å². The molecule has 31 nitrogen and oxygen atoms in total. The Bertz CT molecular complexity index is 4030. The number of alkyl halides is 1. The van der Waals surface area contributed by atoms with Gasteiger partial charge in [0.1, 0.15) is 16.9 Å². The summed E-state index contributed by atoms with van der Waals surface area (Å²) in [4.78, 5) is 116. The van der Waals surface area contributed by atoms with Gasteiger partial charge in [-0.3, -0.25) is 34.4 Å². The number of carboxylic acid groups (broad SMARTS) is 1. The molecule has 2 aliphatic rings. The molecule has 0 fully saturated rings. The van der Waals surface area contributed by atoms with Gasteiger partial charge in [-0.25, -0.2) is 33.8 Å². The Hall–Kier alpha value is -9.12. The first kappa shape index (κ1) is 128. The van der Waals surface area contributed by atoms with E-state index in [0.29, 0.717) is 44.4 Å². The van der Waals surface area contributed by atoms with Crippen molar-refractivity contribution in [2.24, 2.45) is 0 Å². The molecule has 2 aliphatic heterocycles. The third-order valence-electron chi connectivity index (χ3n) is 12.5. The number of hydrogen-bond acceptors (Lipinski definition) is 25. The van der Waals surface area contributed by atoms with Crippen LogP contribution in [-0.2, 0) is 50.7 Å². The van der Waals surface area contributed by atoms with Crippen LogP contribution in [0.25, 0.3) is 11.0 Å². The number of amides is 2. The summed E-state index contributed by atoms with van der Waals surface area (Å²) in [5.41, 5.74) is 27.1. The summed E-state index contributed by atoms with van der Waals surface area (Å²) in [6.07, 6.45) is 0.527. The van der Waals surface area contributed by atoms with Gasteiger partial charge < -0.3 is 76.7 Å². The summed E-state index contributed by atoms with van der Waals surface area (Å²) in [6.45, 7) is 12.2. The van der Waals surface area contributed by atoms with E-state index in [9.17, 15) is 63.1 Å². The smallest absolute Gasteiger partial charge is 0.340 e. The predicted molar refractivity (Wildman–Crippen MR) is 466 cm³/mol.